The summed E-state index contributed by atoms with van der Waals surface area (Å²) in [4.78, 5) is 12.0. The van der Waals surface area contributed by atoms with Gasteiger partial charge >= 0.3 is 0 Å². The second-order valence-electron chi connectivity index (χ2n) is 6.16. The number of hydrogen-bond acceptors (Lipinski definition) is 2. The number of benzene rings is 3. The third-order valence-corrected chi connectivity index (χ3v) is 4.51. The van der Waals surface area contributed by atoms with E-state index in [1.165, 1.54) is 0 Å². The van der Waals surface area contributed by atoms with Crippen LogP contribution in [-0.2, 0) is 9.53 Å². The van der Waals surface area contributed by atoms with Crippen molar-refractivity contribution in [1.82, 2.24) is 0 Å². The molecule has 1 atom stereocenters. The van der Waals surface area contributed by atoms with Crippen LogP contribution in [0.1, 0.15) is 22.6 Å². The van der Waals surface area contributed by atoms with Crippen LogP contribution in [0.4, 0.5) is 0 Å². The molecule has 0 bridgehead atoms. The van der Waals surface area contributed by atoms with Crippen LogP contribution >= 0.6 is 0 Å². The minimum atomic E-state index is -0.145. The van der Waals surface area contributed by atoms with E-state index in [2.05, 4.69) is 0 Å². The summed E-state index contributed by atoms with van der Waals surface area (Å²) in [6.07, 6.45) is 2.94. The maximum absolute atomic E-state index is 12.0. The van der Waals surface area contributed by atoms with Gasteiger partial charge in [-0.05, 0) is 11.6 Å². The minimum Gasteiger partial charge on any atom is -0.456 e. The van der Waals surface area contributed by atoms with E-state index in [-0.39, 0.29) is 5.92 Å². The molecule has 0 N–H and O–H groups in total. The van der Waals surface area contributed by atoms with Gasteiger partial charge in [0.05, 0.1) is 0 Å². The Labute approximate surface area is 153 Å². The van der Waals surface area contributed by atoms with Crippen molar-refractivity contribution in [3.05, 3.63) is 119 Å². The molecule has 0 saturated heterocycles. The predicted molar refractivity (Wildman–Crippen MR) is 104 cm³/mol. The summed E-state index contributed by atoms with van der Waals surface area (Å²) >= 11 is 0. The van der Waals surface area contributed by atoms with Crippen LogP contribution in [0.25, 0.3) is 11.5 Å². The Morgan fingerprint density at radius 3 is 1.81 bits per heavy atom. The van der Waals surface area contributed by atoms with Crippen molar-refractivity contribution in [3.8, 4) is 0 Å². The molecule has 1 aliphatic rings. The van der Waals surface area contributed by atoms with Crippen molar-refractivity contribution in [2.24, 2.45) is 0 Å². The maximum Gasteiger partial charge on any atom is 0.150 e. The van der Waals surface area contributed by atoms with Crippen molar-refractivity contribution < 1.29 is 9.53 Å². The van der Waals surface area contributed by atoms with Gasteiger partial charge < -0.3 is 4.74 Å². The van der Waals surface area contributed by atoms with E-state index in [1.54, 1.807) is 0 Å². The first-order valence-corrected chi connectivity index (χ1v) is 8.61. The van der Waals surface area contributed by atoms with Crippen molar-refractivity contribution >= 4 is 17.8 Å². The summed E-state index contributed by atoms with van der Waals surface area (Å²) in [5.41, 5.74) is 3.60. The summed E-state index contributed by atoms with van der Waals surface area (Å²) in [7, 11) is 0. The largest absolute Gasteiger partial charge is 0.456 e. The first-order valence-electron chi connectivity index (χ1n) is 8.61. The van der Waals surface area contributed by atoms with Crippen LogP contribution in [0.2, 0.25) is 0 Å². The fraction of sp³-hybridized carbons (Fsp3) is 0.0417. The quantitative estimate of drug-likeness (QED) is 0.591. The Balaban J connectivity index is 1.89. The summed E-state index contributed by atoms with van der Waals surface area (Å²) < 4.78 is 6.22. The molecule has 0 aliphatic carbocycles. The second-order valence-corrected chi connectivity index (χ2v) is 6.16. The van der Waals surface area contributed by atoms with Crippen molar-refractivity contribution in [2.45, 2.75) is 5.92 Å². The monoisotopic (exact) mass is 338 g/mol. The molecule has 126 valence electrons. The highest BCUT2D eigenvalue weighted by molar-refractivity contribution is 5.92. The van der Waals surface area contributed by atoms with E-state index in [1.807, 2.05) is 97.1 Å². The first kappa shape index (κ1) is 16.1. The zero-order chi connectivity index (χ0) is 17.8. The highest BCUT2D eigenvalue weighted by Gasteiger charge is 2.27. The molecule has 3 aromatic rings. The molecular weight excluding hydrogens is 320 g/mol. The Hall–Kier alpha value is -3.39. The third-order valence-electron chi connectivity index (χ3n) is 4.51. The lowest BCUT2D eigenvalue weighted by Crippen LogP contribution is -2.12. The summed E-state index contributed by atoms with van der Waals surface area (Å²) in [6.45, 7) is 0. The number of rotatable bonds is 4. The standard InChI is InChI=1S/C24H18O2/c25-17-22-21(18-10-4-1-5-11-18)16-23(19-12-6-2-7-13-19)26-24(22)20-14-8-3-9-15-20/h1-17,21H/t21-/m1/s1. The molecule has 0 amide bonds. The van der Waals surface area contributed by atoms with Gasteiger partial charge in [-0.2, -0.15) is 0 Å². The number of carbonyl (C=O) groups is 1. The Kier molecular flexibility index (Phi) is 4.48. The van der Waals surface area contributed by atoms with Crippen LogP contribution in [0, 0.1) is 0 Å². The number of carbonyl (C=O) groups excluding carboxylic acids is 1. The lowest BCUT2D eigenvalue weighted by atomic mass is 9.86. The molecule has 2 heteroatoms. The molecular formula is C24H18O2. The molecule has 1 heterocycles. The zero-order valence-corrected chi connectivity index (χ0v) is 14.2. The molecule has 0 unspecified atom stereocenters. The molecule has 4 rings (SSSR count). The molecule has 2 nitrogen and oxygen atoms in total. The first-order chi connectivity index (χ1) is 12.9. The van der Waals surface area contributed by atoms with E-state index < -0.39 is 0 Å². The van der Waals surface area contributed by atoms with Gasteiger partial charge in [0, 0.05) is 22.6 Å². The molecule has 0 fully saturated rings. The van der Waals surface area contributed by atoms with E-state index in [4.69, 9.17) is 4.74 Å². The third kappa shape index (κ3) is 3.09. The number of ether oxygens (including phenoxy) is 1. The Morgan fingerprint density at radius 1 is 0.692 bits per heavy atom. The van der Waals surface area contributed by atoms with Crippen molar-refractivity contribution in [3.63, 3.8) is 0 Å². The molecule has 0 radical (unpaired) electrons. The lowest BCUT2D eigenvalue weighted by molar-refractivity contribution is -0.105. The highest BCUT2D eigenvalue weighted by atomic mass is 16.5. The van der Waals surface area contributed by atoms with Gasteiger partial charge in [-0.15, -0.1) is 0 Å². The normalized spacial score (nSPS) is 16.6. The molecule has 0 aromatic heterocycles. The molecule has 3 aromatic carbocycles. The Morgan fingerprint density at radius 2 is 1.23 bits per heavy atom. The van der Waals surface area contributed by atoms with E-state index >= 15 is 0 Å². The lowest BCUT2D eigenvalue weighted by Gasteiger charge is -2.26. The van der Waals surface area contributed by atoms with Gasteiger partial charge in [0.1, 0.15) is 11.5 Å². The van der Waals surface area contributed by atoms with Crippen LogP contribution in [0.5, 0.6) is 0 Å². The number of allylic oxidation sites excluding steroid dienone is 2. The van der Waals surface area contributed by atoms with Gasteiger partial charge in [0.25, 0.3) is 0 Å². The smallest absolute Gasteiger partial charge is 0.150 e. The van der Waals surface area contributed by atoms with Gasteiger partial charge in [-0.25, -0.2) is 0 Å². The summed E-state index contributed by atoms with van der Waals surface area (Å²) in [5, 5.41) is 0. The average Bonchev–Trinajstić information content (AvgIpc) is 2.74. The summed E-state index contributed by atoms with van der Waals surface area (Å²) in [6, 6.07) is 29.8. The fourth-order valence-corrected chi connectivity index (χ4v) is 3.22. The van der Waals surface area contributed by atoms with Gasteiger partial charge in [-0.1, -0.05) is 91.0 Å². The van der Waals surface area contributed by atoms with Gasteiger partial charge in [0.15, 0.2) is 6.29 Å². The second kappa shape index (κ2) is 7.24. The van der Waals surface area contributed by atoms with Gasteiger partial charge in [0.2, 0.25) is 0 Å². The Bertz CT molecular complexity index is 955. The van der Waals surface area contributed by atoms with Crippen LogP contribution in [0.3, 0.4) is 0 Å². The molecule has 0 saturated carbocycles. The number of hydrogen-bond donors (Lipinski definition) is 0. The topological polar surface area (TPSA) is 26.3 Å². The highest BCUT2D eigenvalue weighted by Crippen LogP contribution is 2.40. The maximum atomic E-state index is 12.0. The summed E-state index contributed by atoms with van der Waals surface area (Å²) in [5.74, 6) is 1.24. The fourth-order valence-electron chi connectivity index (χ4n) is 3.22. The van der Waals surface area contributed by atoms with Crippen LogP contribution < -0.4 is 0 Å². The molecule has 26 heavy (non-hydrogen) atoms. The van der Waals surface area contributed by atoms with Gasteiger partial charge in [-0.3, -0.25) is 4.79 Å². The SMILES string of the molecule is O=CC1=C(c2ccccc2)OC(c2ccccc2)=C[C@@H]1c1ccccc1. The number of aldehydes is 1. The average molecular weight is 338 g/mol. The zero-order valence-electron chi connectivity index (χ0n) is 14.2. The van der Waals surface area contributed by atoms with Crippen molar-refractivity contribution in [1.29, 1.82) is 0 Å². The van der Waals surface area contributed by atoms with E-state index in [9.17, 15) is 4.79 Å². The van der Waals surface area contributed by atoms with Crippen molar-refractivity contribution in [2.75, 3.05) is 0 Å². The van der Waals surface area contributed by atoms with Crippen LogP contribution in [0.15, 0.2) is 103 Å². The minimum absolute atomic E-state index is 0.145. The van der Waals surface area contributed by atoms with E-state index in [0.717, 1.165) is 28.7 Å². The molecule has 0 spiro atoms. The predicted octanol–water partition coefficient (Wildman–Crippen LogP) is 5.45. The van der Waals surface area contributed by atoms with E-state index in [0.29, 0.717) is 11.3 Å². The molecule has 1 aliphatic heterocycles. The van der Waals surface area contributed by atoms with Crippen LogP contribution in [-0.4, -0.2) is 6.29 Å².